The minimum Gasteiger partial charge on any atom is -0.390 e. The molecule has 17 heavy (non-hydrogen) atoms. The lowest BCUT2D eigenvalue weighted by atomic mass is 10.1. The molecule has 0 aliphatic heterocycles. The van der Waals surface area contributed by atoms with Gasteiger partial charge in [-0.3, -0.25) is 4.98 Å². The number of aryl methyl sites for hydroxylation is 1. The second-order valence-corrected chi connectivity index (χ2v) is 3.86. The van der Waals surface area contributed by atoms with Crippen LogP contribution in [-0.2, 0) is 13.2 Å². The molecule has 0 saturated carbocycles. The Balaban J connectivity index is 2.39. The van der Waals surface area contributed by atoms with Crippen molar-refractivity contribution in [2.45, 2.75) is 32.9 Å². The minimum absolute atomic E-state index is 0.0935. The van der Waals surface area contributed by atoms with Gasteiger partial charge in [-0.15, -0.1) is 5.10 Å². The summed E-state index contributed by atoms with van der Waals surface area (Å²) in [4.78, 5) is 3.99. The molecule has 0 aliphatic carbocycles. The zero-order chi connectivity index (χ0) is 12.1. The van der Waals surface area contributed by atoms with Crippen LogP contribution in [0.15, 0.2) is 24.5 Å². The van der Waals surface area contributed by atoms with E-state index in [4.69, 9.17) is 0 Å². The molecule has 5 nitrogen and oxygen atoms in total. The number of hydrogen-bond acceptors (Lipinski definition) is 4. The van der Waals surface area contributed by atoms with E-state index in [9.17, 15) is 5.11 Å². The first kappa shape index (κ1) is 11.7. The number of aromatic nitrogens is 4. The monoisotopic (exact) mass is 232 g/mol. The van der Waals surface area contributed by atoms with Crippen molar-refractivity contribution in [3.63, 3.8) is 0 Å². The number of rotatable bonds is 5. The Morgan fingerprint density at radius 3 is 2.71 bits per heavy atom. The maximum atomic E-state index is 9.29. The molecule has 0 fully saturated rings. The molecule has 2 heterocycles. The topological polar surface area (TPSA) is 63.8 Å². The molecule has 0 aliphatic rings. The van der Waals surface area contributed by atoms with Crippen LogP contribution in [0, 0.1) is 0 Å². The van der Waals surface area contributed by atoms with E-state index >= 15 is 0 Å². The fourth-order valence-corrected chi connectivity index (χ4v) is 1.75. The lowest BCUT2D eigenvalue weighted by molar-refractivity contribution is 0.277. The van der Waals surface area contributed by atoms with E-state index in [1.165, 1.54) is 0 Å². The van der Waals surface area contributed by atoms with Crippen LogP contribution in [0.4, 0.5) is 0 Å². The Morgan fingerprint density at radius 1 is 1.29 bits per heavy atom. The Hall–Kier alpha value is -1.75. The average molecular weight is 232 g/mol. The van der Waals surface area contributed by atoms with Crippen molar-refractivity contribution in [2.75, 3.05) is 0 Å². The molecule has 2 rings (SSSR count). The molecule has 0 amide bonds. The molecular weight excluding hydrogens is 216 g/mol. The zero-order valence-corrected chi connectivity index (χ0v) is 9.87. The summed E-state index contributed by atoms with van der Waals surface area (Å²) in [6.07, 6.45) is 5.61. The Morgan fingerprint density at radius 2 is 2.06 bits per heavy atom. The third-order valence-electron chi connectivity index (χ3n) is 2.63. The van der Waals surface area contributed by atoms with Crippen LogP contribution < -0.4 is 0 Å². The van der Waals surface area contributed by atoms with Crippen molar-refractivity contribution in [1.82, 2.24) is 20.0 Å². The first-order chi connectivity index (χ1) is 8.36. The average Bonchev–Trinajstić information content (AvgIpc) is 2.80. The van der Waals surface area contributed by atoms with Crippen molar-refractivity contribution in [3.8, 4) is 11.3 Å². The van der Waals surface area contributed by atoms with Crippen LogP contribution in [0.2, 0.25) is 0 Å². The van der Waals surface area contributed by atoms with Gasteiger partial charge in [0.05, 0.1) is 12.3 Å². The van der Waals surface area contributed by atoms with Gasteiger partial charge in [0, 0.05) is 24.5 Å². The smallest absolute Gasteiger partial charge is 0.116 e. The number of aliphatic hydroxyl groups excluding tert-OH is 1. The quantitative estimate of drug-likeness (QED) is 0.851. The molecule has 0 radical (unpaired) electrons. The first-order valence-electron chi connectivity index (χ1n) is 5.80. The largest absolute Gasteiger partial charge is 0.390 e. The Kier molecular flexibility index (Phi) is 3.82. The van der Waals surface area contributed by atoms with Crippen molar-refractivity contribution < 1.29 is 5.11 Å². The molecule has 0 spiro atoms. The summed E-state index contributed by atoms with van der Waals surface area (Å²) in [5.74, 6) is 0. The van der Waals surface area contributed by atoms with Gasteiger partial charge in [-0.2, -0.15) is 0 Å². The van der Waals surface area contributed by atoms with Gasteiger partial charge in [0.2, 0.25) is 0 Å². The lowest BCUT2D eigenvalue weighted by Crippen LogP contribution is -2.03. The maximum Gasteiger partial charge on any atom is 0.116 e. The number of pyridine rings is 1. The van der Waals surface area contributed by atoms with E-state index in [-0.39, 0.29) is 6.61 Å². The van der Waals surface area contributed by atoms with Crippen LogP contribution in [0.5, 0.6) is 0 Å². The van der Waals surface area contributed by atoms with Crippen LogP contribution in [0.3, 0.4) is 0 Å². The molecule has 2 aromatic rings. The van der Waals surface area contributed by atoms with Crippen molar-refractivity contribution in [2.24, 2.45) is 0 Å². The van der Waals surface area contributed by atoms with Gasteiger partial charge in [0.1, 0.15) is 5.69 Å². The summed E-state index contributed by atoms with van der Waals surface area (Å²) in [5.41, 5.74) is 2.50. The highest BCUT2D eigenvalue weighted by atomic mass is 16.3. The summed E-state index contributed by atoms with van der Waals surface area (Å²) in [5, 5.41) is 17.4. The van der Waals surface area contributed by atoms with E-state index in [2.05, 4.69) is 22.2 Å². The maximum absolute atomic E-state index is 9.29. The lowest BCUT2D eigenvalue weighted by Gasteiger charge is -2.06. The molecule has 0 unspecified atom stereocenters. The van der Waals surface area contributed by atoms with E-state index in [0.29, 0.717) is 5.69 Å². The van der Waals surface area contributed by atoms with E-state index in [1.807, 2.05) is 16.8 Å². The number of aliphatic hydroxyl groups is 1. The number of nitrogens with zero attached hydrogens (tertiary/aromatic N) is 4. The molecule has 2 aromatic heterocycles. The Labute approximate surface area is 100 Å². The summed E-state index contributed by atoms with van der Waals surface area (Å²) in [6.45, 7) is 2.86. The SMILES string of the molecule is CCCCn1nnc(CO)c1-c1ccncc1. The first-order valence-corrected chi connectivity index (χ1v) is 5.80. The predicted molar refractivity (Wildman–Crippen MR) is 64.1 cm³/mol. The van der Waals surface area contributed by atoms with Crippen molar-refractivity contribution in [1.29, 1.82) is 0 Å². The van der Waals surface area contributed by atoms with Gasteiger partial charge < -0.3 is 5.11 Å². The van der Waals surface area contributed by atoms with Crippen molar-refractivity contribution in [3.05, 3.63) is 30.2 Å². The summed E-state index contributed by atoms with van der Waals surface area (Å²) in [6, 6.07) is 3.81. The second-order valence-electron chi connectivity index (χ2n) is 3.86. The van der Waals surface area contributed by atoms with Gasteiger partial charge in [-0.05, 0) is 18.6 Å². The van der Waals surface area contributed by atoms with Crippen LogP contribution in [-0.4, -0.2) is 25.1 Å². The summed E-state index contributed by atoms with van der Waals surface area (Å²) < 4.78 is 1.85. The normalized spacial score (nSPS) is 10.7. The highest BCUT2D eigenvalue weighted by Crippen LogP contribution is 2.21. The van der Waals surface area contributed by atoms with Crippen LogP contribution in [0.25, 0.3) is 11.3 Å². The molecule has 0 atom stereocenters. The minimum atomic E-state index is -0.0935. The molecule has 1 N–H and O–H groups in total. The second kappa shape index (κ2) is 5.54. The summed E-state index contributed by atoms with van der Waals surface area (Å²) in [7, 11) is 0. The highest BCUT2D eigenvalue weighted by Gasteiger charge is 2.13. The van der Waals surface area contributed by atoms with Crippen LogP contribution >= 0.6 is 0 Å². The Bertz CT molecular complexity index is 467. The molecule has 0 aromatic carbocycles. The third kappa shape index (κ3) is 2.50. The molecular formula is C12H16N4O. The standard InChI is InChI=1S/C12H16N4O/c1-2-3-8-16-12(11(9-17)14-15-16)10-4-6-13-7-5-10/h4-7,17H,2-3,8-9H2,1H3. The van der Waals surface area contributed by atoms with Gasteiger partial charge in [-0.25, -0.2) is 4.68 Å². The molecule has 5 heteroatoms. The fraction of sp³-hybridized carbons (Fsp3) is 0.417. The van der Waals surface area contributed by atoms with Crippen LogP contribution in [0.1, 0.15) is 25.5 Å². The van der Waals surface area contributed by atoms with Crippen molar-refractivity contribution >= 4 is 0 Å². The highest BCUT2D eigenvalue weighted by molar-refractivity contribution is 5.60. The fourth-order valence-electron chi connectivity index (χ4n) is 1.75. The van der Waals surface area contributed by atoms with Gasteiger partial charge in [-0.1, -0.05) is 18.6 Å². The van der Waals surface area contributed by atoms with E-state index < -0.39 is 0 Å². The number of hydrogen-bond donors (Lipinski definition) is 1. The summed E-state index contributed by atoms with van der Waals surface area (Å²) >= 11 is 0. The molecule has 0 saturated heterocycles. The van der Waals surface area contributed by atoms with Gasteiger partial charge in [0.15, 0.2) is 0 Å². The third-order valence-corrected chi connectivity index (χ3v) is 2.63. The van der Waals surface area contributed by atoms with E-state index in [0.717, 1.165) is 30.6 Å². The van der Waals surface area contributed by atoms with Gasteiger partial charge in [0.25, 0.3) is 0 Å². The van der Waals surface area contributed by atoms with Gasteiger partial charge >= 0.3 is 0 Å². The number of unbranched alkanes of at least 4 members (excludes halogenated alkanes) is 1. The predicted octanol–water partition coefficient (Wildman–Crippen LogP) is 1.63. The molecule has 0 bridgehead atoms. The molecule has 90 valence electrons. The van der Waals surface area contributed by atoms with E-state index in [1.54, 1.807) is 12.4 Å². The zero-order valence-electron chi connectivity index (χ0n) is 9.87.